The van der Waals surface area contributed by atoms with E-state index in [2.05, 4.69) is 17.1 Å². The molecule has 2 rings (SSSR count). The predicted molar refractivity (Wildman–Crippen MR) is 65.0 cm³/mol. The van der Waals surface area contributed by atoms with Crippen molar-refractivity contribution in [3.8, 4) is 0 Å². The van der Waals surface area contributed by atoms with Crippen molar-refractivity contribution in [2.75, 3.05) is 6.54 Å². The molecule has 92 valence electrons. The van der Waals surface area contributed by atoms with Crippen LogP contribution in [0.25, 0.3) is 0 Å². The van der Waals surface area contributed by atoms with E-state index in [1.54, 1.807) is 0 Å². The van der Waals surface area contributed by atoms with Crippen LogP contribution in [0.15, 0.2) is 0 Å². The van der Waals surface area contributed by atoms with Crippen molar-refractivity contribution in [2.45, 2.75) is 64.6 Å². The number of carbonyl (C=O) groups excluding carboxylic acids is 1. The Labute approximate surface area is 98.6 Å². The second-order valence-electron chi connectivity index (χ2n) is 5.31. The molecule has 0 aromatic rings. The predicted octanol–water partition coefficient (Wildman–Crippen LogP) is 2.12. The van der Waals surface area contributed by atoms with Gasteiger partial charge in [0.25, 0.3) is 0 Å². The molecule has 0 spiro atoms. The zero-order valence-electron chi connectivity index (χ0n) is 10.5. The van der Waals surface area contributed by atoms with Gasteiger partial charge >= 0.3 is 0 Å². The van der Waals surface area contributed by atoms with E-state index in [0.717, 1.165) is 25.3 Å². The molecule has 3 heteroatoms. The summed E-state index contributed by atoms with van der Waals surface area (Å²) in [4.78, 5) is 14.0. The third kappa shape index (κ3) is 2.40. The Morgan fingerprint density at radius 3 is 2.69 bits per heavy atom. The largest absolute Gasteiger partial charge is 0.326 e. The molecule has 0 bridgehead atoms. The van der Waals surface area contributed by atoms with Gasteiger partial charge in [-0.25, -0.2) is 0 Å². The van der Waals surface area contributed by atoms with Gasteiger partial charge in [-0.3, -0.25) is 10.1 Å². The number of hydrogen-bond acceptors (Lipinski definition) is 2. The van der Waals surface area contributed by atoms with E-state index in [4.69, 9.17) is 0 Å². The number of nitrogens with zero attached hydrogens (tertiary/aromatic N) is 1. The highest BCUT2D eigenvalue weighted by Crippen LogP contribution is 2.30. The van der Waals surface area contributed by atoms with Crippen LogP contribution >= 0.6 is 0 Å². The smallest absolute Gasteiger partial charge is 0.240 e. The van der Waals surface area contributed by atoms with Crippen molar-refractivity contribution in [3.63, 3.8) is 0 Å². The highest BCUT2D eigenvalue weighted by atomic mass is 16.2. The highest BCUT2D eigenvalue weighted by Gasteiger charge is 2.35. The lowest BCUT2D eigenvalue weighted by Gasteiger charge is -2.30. The average Bonchev–Trinajstić information content (AvgIpc) is 2.44. The molecule has 2 aliphatic rings. The number of rotatable bonds is 5. The fourth-order valence-electron chi connectivity index (χ4n) is 2.73. The molecule has 16 heavy (non-hydrogen) atoms. The molecule has 1 saturated carbocycles. The standard InChI is InChI=1S/C13H24N2O/c1-3-5-12-14-10(2)13(16)15(12)9-8-11-6-4-7-11/h10-12,14H,3-9H2,1-2H3. The normalized spacial score (nSPS) is 30.9. The molecule has 2 fully saturated rings. The first-order valence-electron chi connectivity index (χ1n) is 6.79. The summed E-state index contributed by atoms with van der Waals surface area (Å²) in [5, 5.41) is 3.39. The Morgan fingerprint density at radius 2 is 2.12 bits per heavy atom. The summed E-state index contributed by atoms with van der Waals surface area (Å²) in [6, 6.07) is 0.0259. The molecular weight excluding hydrogens is 200 g/mol. The summed E-state index contributed by atoms with van der Waals surface area (Å²) in [5.41, 5.74) is 0. The van der Waals surface area contributed by atoms with Crippen molar-refractivity contribution in [2.24, 2.45) is 5.92 Å². The second-order valence-corrected chi connectivity index (χ2v) is 5.31. The van der Waals surface area contributed by atoms with Gasteiger partial charge in [0, 0.05) is 6.54 Å². The number of nitrogens with one attached hydrogen (secondary N) is 1. The minimum atomic E-state index is 0.0259. The fraction of sp³-hybridized carbons (Fsp3) is 0.923. The zero-order valence-corrected chi connectivity index (χ0v) is 10.5. The molecule has 0 aromatic carbocycles. The maximum atomic E-state index is 12.0. The van der Waals surface area contributed by atoms with Gasteiger partial charge in [-0.05, 0) is 25.7 Å². The molecular formula is C13H24N2O. The number of amides is 1. The summed E-state index contributed by atoms with van der Waals surface area (Å²) in [6.07, 6.45) is 7.88. The Hall–Kier alpha value is -0.570. The summed E-state index contributed by atoms with van der Waals surface area (Å²) in [7, 11) is 0. The third-order valence-corrected chi connectivity index (χ3v) is 4.04. The van der Waals surface area contributed by atoms with Crippen LogP contribution in [-0.4, -0.2) is 29.6 Å². The second kappa shape index (κ2) is 5.17. The highest BCUT2D eigenvalue weighted by molar-refractivity contribution is 5.83. The topological polar surface area (TPSA) is 32.3 Å². The Bertz CT molecular complexity index is 250. The van der Waals surface area contributed by atoms with E-state index in [0.29, 0.717) is 12.1 Å². The molecule has 2 atom stereocenters. The van der Waals surface area contributed by atoms with Crippen molar-refractivity contribution < 1.29 is 4.79 Å². The molecule has 1 heterocycles. The SMILES string of the molecule is CCCC1NC(C)C(=O)N1CCC1CCC1. The van der Waals surface area contributed by atoms with Gasteiger partial charge in [-0.15, -0.1) is 0 Å². The van der Waals surface area contributed by atoms with E-state index in [9.17, 15) is 4.79 Å². The molecule has 0 radical (unpaired) electrons. The van der Waals surface area contributed by atoms with Gasteiger partial charge in [0.1, 0.15) is 0 Å². The Morgan fingerprint density at radius 1 is 1.38 bits per heavy atom. The van der Waals surface area contributed by atoms with Crippen molar-refractivity contribution in [3.05, 3.63) is 0 Å². The van der Waals surface area contributed by atoms with E-state index in [1.807, 2.05) is 6.92 Å². The van der Waals surface area contributed by atoms with Gasteiger partial charge < -0.3 is 4.90 Å². The zero-order chi connectivity index (χ0) is 11.5. The number of hydrogen-bond donors (Lipinski definition) is 1. The minimum absolute atomic E-state index is 0.0259. The summed E-state index contributed by atoms with van der Waals surface area (Å²) < 4.78 is 0. The lowest BCUT2D eigenvalue weighted by Crippen LogP contribution is -2.38. The Balaban J connectivity index is 1.84. The van der Waals surface area contributed by atoms with Crippen LogP contribution < -0.4 is 5.32 Å². The van der Waals surface area contributed by atoms with Crippen LogP contribution in [0.1, 0.15) is 52.4 Å². The van der Waals surface area contributed by atoms with Crippen LogP contribution in [0.2, 0.25) is 0 Å². The quantitative estimate of drug-likeness (QED) is 0.776. The molecule has 3 nitrogen and oxygen atoms in total. The van der Waals surface area contributed by atoms with Gasteiger partial charge in [0.05, 0.1) is 12.2 Å². The lowest BCUT2D eigenvalue weighted by molar-refractivity contribution is -0.130. The van der Waals surface area contributed by atoms with E-state index < -0.39 is 0 Å². The van der Waals surface area contributed by atoms with Crippen molar-refractivity contribution in [1.82, 2.24) is 10.2 Å². The average molecular weight is 224 g/mol. The summed E-state index contributed by atoms with van der Waals surface area (Å²) >= 11 is 0. The van der Waals surface area contributed by atoms with Crippen LogP contribution in [0.4, 0.5) is 0 Å². The molecule has 1 aliphatic carbocycles. The summed E-state index contributed by atoms with van der Waals surface area (Å²) in [5.74, 6) is 1.20. The Kier molecular flexibility index (Phi) is 3.85. The van der Waals surface area contributed by atoms with E-state index >= 15 is 0 Å². The van der Waals surface area contributed by atoms with Crippen molar-refractivity contribution >= 4 is 5.91 Å². The first-order chi connectivity index (χ1) is 7.72. The van der Waals surface area contributed by atoms with Crippen molar-refractivity contribution in [1.29, 1.82) is 0 Å². The molecule has 1 aliphatic heterocycles. The molecule has 1 amide bonds. The maximum absolute atomic E-state index is 12.0. The molecule has 0 aromatic heterocycles. The lowest BCUT2D eigenvalue weighted by atomic mass is 9.83. The van der Waals surface area contributed by atoms with Crippen LogP contribution in [0.5, 0.6) is 0 Å². The molecule has 2 unspecified atom stereocenters. The summed E-state index contributed by atoms with van der Waals surface area (Å²) in [6.45, 7) is 5.12. The number of carbonyl (C=O) groups is 1. The van der Waals surface area contributed by atoms with Gasteiger partial charge in [-0.2, -0.15) is 0 Å². The van der Waals surface area contributed by atoms with E-state index in [1.165, 1.54) is 25.7 Å². The first-order valence-corrected chi connectivity index (χ1v) is 6.79. The fourth-order valence-corrected chi connectivity index (χ4v) is 2.73. The van der Waals surface area contributed by atoms with Crippen LogP contribution in [0, 0.1) is 5.92 Å². The van der Waals surface area contributed by atoms with E-state index in [-0.39, 0.29) is 6.04 Å². The third-order valence-electron chi connectivity index (χ3n) is 4.04. The van der Waals surface area contributed by atoms with Gasteiger partial charge in [-0.1, -0.05) is 32.6 Å². The van der Waals surface area contributed by atoms with Gasteiger partial charge in [0.15, 0.2) is 0 Å². The minimum Gasteiger partial charge on any atom is -0.326 e. The first kappa shape index (κ1) is 11.9. The molecule has 1 saturated heterocycles. The molecule has 1 N–H and O–H groups in total. The maximum Gasteiger partial charge on any atom is 0.240 e. The van der Waals surface area contributed by atoms with Crippen LogP contribution in [-0.2, 0) is 4.79 Å². The van der Waals surface area contributed by atoms with Gasteiger partial charge in [0.2, 0.25) is 5.91 Å². The van der Waals surface area contributed by atoms with Crippen LogP contribution in [0.3, 0.4) is 0 Å². The monoisotopic (exact) mass is 224 g/mol.